The largest absolute Gasteiger partial charge is 0.493 e. The maximum atomic E-state index is 5.51. The summed E-state index contributed by atoms with van der Waals surface area (Å²) in [6.45, 7) is 2.16. The molecular formula is C19H21NO2. The zero-order valence-electron chi connectivity index (χ0n) is 13.1. The lowest BCUT2D eigenvalue weighted by atomic mass is 9.84. The Morgan fingerprint density at radius 1 is 0.955 bits per heavy atom. The van der Waals surface area contributed by atoms with Crippen LogP contribution >= 0.6 is 0 Å². The van der Waals surface area contributed by atoms with E-state index in [1.807, 2.05) is 0 Å². The monoisotopic (exact) mass is 295 g/mol. The highest BCUT2D eigenvalue weighted by Crippen LogP contribution is 2.42. The zero-order valence-corrected chi connectivity index (χ0v) is 13.1. The van der Waals surface area contributed by atoms with Crippen molar-refractivity contribution in [2.24, 2.45) is 0 Å². The number of hydrogen-bond donors (Lipinski definition) is 0. The van der Waals surface area contributed by atoms with Crippen LogP contribution in [0.15, 0.2) is 36.4 Å². The average molecular weight is 295 g/mol. The first-order valence-corrected chi connectivity index (χ1v) is 7.86. The number of rotatable bonds is 2. The van der Waals surface area contributed by atoms with Crippen LogP contribution in [0.5, 0.6) is 11.5 Å². The number of hydrogen-bond acceptors (Lipinski definition) is 3. The Morgan fingerprint density at radius 2 is 1.68 bits per heavy atom. The molecule has 0 saturated carbocycles. The smallest absolute Gasteiger partial charge is 0.161 e. The molecule has 22 heavy (non-hydrogen) atoms. The molecule has 0 spiro atoms. The van der Waals surface area contributed by atoms with Crippen molar-refractivity contribution in [1.29, 1.82) is 0 Å². The second kappa shape index (κ2) is 5.33. The predicted octanol–water partition coefficient (Wildman–Crippen LogP) is 3.36. The number of benzene rings is 2. The van der Waals surface area contributed by atoms with Crippen molar-refractivity contribution in [2.75, 3.05) is 20.8 Å². The second-order valence-electron chi connectivity index (χ2n) is 6.12. The van der Waals surface area contributed by atoms with Crippen LogP contribution < -0.4 is 9.47 Å². The molecule has 1 atom stereocenters. The van der Waals surface area contributed by atoms with E-state index in [0.29, 0.717) is 6.04 Å². The van der Waals surface area contributed by atoms with Gasteiger partial charge in [-0.05, 0) is 47.2 Å². The lowest BCUT2D eigenvalue weighted by molar-refractivity contribution is 0.160. The Labute approximate surface area is 131 Å². The van der Waals surface area contributed by atoms with E-state index in [9.17, 15) is 0 Å². The minimum absolute atomic E-state index is 0.457. The van der Waals surface area contributed by atoms with Crippen LogP contribution in [0.3, 0.4) is 0 Å². The topological polar surface area (TPSA) is 21.7 Å². The molecule has 0 bridgehead atoms. The molecule has 0 aliphatic carbocycles. The molecule has 0 saturated heterocycles. The summed E-state index contributed by atoms with van der Waals surface area (Å²) in [6, 6.07) is 13.6. The summed E-state index contributed by atoms with van der Waals surface area (Å²) in [4.78, 5) is 2.59. The first kappa shape index (κ1) is 13.6. The molecule has 2 aromatic rings. The summed E-state index contributed by atoms with van der Waals surface area (Å²) in [7, 11) is 3.41. The number of methoxy groups -OCH3 is 2. The lowest BCUT2D eigenvalue weighted by Crippen LogP contribution is -2.39. The molecule has 3 heteroatoms. The van der Waals surface area contributed by atoms with Crippen LogP contribution in [0.25, 0.3) is 0 Å². The van der Waals surface area contributed by atoms with Crippen molar-refractivity contribution in [3.05, 3.63) is 58.7 Å². The summed E-state index contributed by atoms with van der Waals surface area (Å²) in [5.41, 5.74) is 5.76. The van der Waals surface area contributed by atoms with E-state index in [2.05, 4.69) is 41.3 Å². The number of ether oxygens (including phenoxy) is 2. The fraction of sp³-hybridized carbons (Fsp3) is 0.368. The number of nitrogens with zero attached hydrogens (tertiary/aromatic N) is 1. The molecule has 2 aliphatic heterocycles. The third-order valence-corrected chi connectivity index (χ3v) is 5.02. The van der Waals surface area contributed by atoms with Crippen molar-refractivity contribution >= 4 is 0 Å². The van der Waals surface area contributed by atoms with Crippen molar-refractivity contribution in [1.82, 2.24) is 4.90 Å². The Balaban J connectivity index is 1.77. The van der Waals surface area contributed by atoms with Gasteiger partial charge in [-0.15, -0.1) is 0 Å². The van der Waals surface area contributed by atoms with E-state index >= 15 is 0 Å². The fourth-order valence-corrected chi connectivity index (χ4v) is 3.85. The predicted molar refractivity (Wildman–Crippen MR) is 86.5 cm³/mol. The van der Waals surface area contributed by atoms with E-state index in [4.69, 9.17) is 9.47 Å². The van der Waals surface area contributed by atoms with Gasteiger partial charge in [0.15, 0.2) is 11.5 Å². The highest BCUT2D eigenvalue weighted by Gasteiger charge is 2.32. The summed E-state index contributed by atoms with van der Waals surface area (Å²) in [5.74, 6) is 1.67. The average Bonchev–Trinajstić information content (AvgIpc) is 2.58. The van der Waals surface area contributed by atoms with Crippen LogP contribution in [0, 0.1) is 0 Å². The Bertz CT molecular complexity index is 711. The van der Waals surface area contributed by atoms with E-state index < -0.39 is 0 Å². The SMILES string of the molecule is COc1cc2c(cc1OC)[C@@H]1Cc3ccccc3CN1CC2. The van der Waals surface area contributed by atoms with E-state index in [0.717, 1.165) is 37.4 Å². The lowest BCUT2D eigenvalue weighted by Gasteiger charge is -2.41. The van der Waals surface area contributed by atoms with Gasteiger partial charge in [0.2, 0.25) is 0 Å². The zero-order chi connectivity index (χ0) is 15.1. The molecule has 0 unspecified atom stereocenters. The molecular weight excluding hydrogens is 274 g/mol. The third-order valence-electron chi connectivity index (χ3n) is 5.02. The van der Waals surface area contributed by atoms with Gasteiger partial charge >= 0.3 is 0 Å². The molecule has 0 radical (unpaired) electrons. The Hall–Kier alpha value is -2.00. The molecule has 2 aromatic carbocycles. The van der Waals surface area contributed by atoms with Gasteiger partial charge in [-0.2, -0.15) is 0 Å². The maximum absolute atomic E-state index is 5.51. The summed E-state index contributed by atoms with van der Waals surface area (Å²) >= 11 is 0. The highest BCUT2D eigenvalue weighted by molar-refractivity contribution is 5.50. The van der Waals surface area contributed by atoms with E-state index in [-0.39, 0.29) is 0 Å². The molecule has 3 nitrogen and oxygen atoms in total. The number of fused-ring (bicyclic) bond motifs is 4. The van der Waals surface area contributed by atoms with E-state index in [1.165, 1.54) is 22.3 Å². The van der Waals surface area contributed by atoms with Crippen LogP contribution in [-0.2, 0) is 19.4 Å². The van der Waals surface area contributed by atoms with E-state index in [1.54, 1.807) is 14.2 Å². The first-order chi connectivity index (χ1) is 10.8. The van der Waals surface area contributed by atoms with Gasteiger partial charge in [0, 0.05) is 19.1 Å². The van der Waals surface area contributed by atoms with Crippen molar-refractivity contribution in [2.45, 2.75) is 25.4 Å². The van der Waals surface area contributed by atoms with Crippen LogP contribution in [0.2, 0.25) is 0 Å². The second-order valence-corrected chi connectivity index (χ2v) is 6.12. The van der Waals surface area contributed by atoms with Crippen molar-refractivity contribution < 1.29 is 9.47 Å². The quantitative estimate of drug-likeness (QED) is 0.848. The van der Waals surface area contributed by atoms with Crippen LogP contribution in [0.1, 0.15) is 28.3 Å². The molecule has 0 amide bonds. The molecule has 4 rings (SSSR count). The van der Waals surface area contributed by atoms with Crippen molar-refractivity contribution in [3.8, 4) is 11.5 Å². The minimum atomic E-state index is 0.457. The molecule has 0 fully saturated rings. The van der Waals surface area contributed by atoms with Gasteiger partial charge in [-0.25, -0.2) is 0 Å². The normalized spacial score (nSPS) is 19.8. The summed E-state index contributed by atoms with van der Waals surface area (Å²) < 4.78 is 11.0. The van der Waals surface area contributed by atoms with Crippen LogP contribution in [0.4, 0.5) is 0 Å². The van der Waals surface area contributed by atoms with Gasteiger partial charge in [0.1, 0.15) is 0 Å². The van der Waals surface area contributed by atoms with Gasteiger partial charge < -0.3 is 9.47 Å². The Kier molecular flexibility index (Phi) is 3.30. The molecule has 0 aromatic heterocycles. The Morgan fingerprint density at radius 3 is 2.45 bits per heavy atom. The summed E-state index contributed by atoms with van der Waals surface area (Å²) in [6.07, 6.45) is 2.16. The first-order valence-electron chi connectivity index (χ1n) is 7.86. The van der Waals surface area contributed by atoms with Gasteiger partial charge in [0.05, 0.1) is 14.2 Å². The van der Waals surface area contributed by atoms with Gasteiger partial charge in [0.25, 0.3) is 0 Å². The van der Waals surface area contributed by atoms with Gasteiger partial charge in [-0.3, -0.25) is 4.90 Å². The highest BCUT2D eigenvalue weighted by atomic mass is 16.5. The maximum Gasteiger partial charge on any atom is 0.161 e. The standard InChI is InChI=1S/C19H21NO2/c1-21-18-10-14-7-8-20-12-15-6-4-3-5-13(15)9-17(20)16(14)11-19(18)22-2/h3-6,10-11,17H,7-9,12H2,1-2H3/t17-/m0/s1. The summed E-state index contributed by atoms with van der Waals surface area (Å²) in [5, 5.41) is 0. The van der Waals surface area contributed by atoms with Crippen molar-refractivity contribution in [3.63, 3.8) is 0 Å². The molecule has 2 aliphatic rings. The molecule has 2 heterocycles. The fourth-order valence-electron chi connectivity index (χ4n) is 3.85. The minimum Gasteiger partial charge on any atom is -0.493 e. The van der Waals surface area contributed by atoms with Crippen LogP contribution in [-0.4, -0.2) is 25.7 Å². The van der Waals surface area contributed by atoms with Gasteiger partial charge in [-0.1, -0.05) is 24.3 Å². The molecule has 0 N–H and O–H groups in total. The molecule has 114 valence electrons. The third kappa shape index (κ3) is 2.08.